The maximum absolute atomic E-state index is 12.9. The number of carboxylic acids is 1. The standard InChI is InChI=1S/C15H19FN2O5S/c1-10(15(20)21)17-14(19)11-6-8-18(9-7-11)24(22,23)13-4-2-12(16)3-5-13/h2-5,10-11H,6-9H2,1H3,(H,17,19)(H,20,21)/t10-/m0/s1. The maximum atomic E-state index is 12.9. The number of amides is 1. The minimum absolute atomic E-state index is 0.00583. The molecule has 132 valence electrons. The van der Waals surface area contributed by atoms with E-state index in [1.54, 1.807) is 0 Å². The van der Waals surface area contributed by atoms with E-state index in [2.05, 4.69) is 5.32 Å². The lowest BCUT2D eigenvalue weighted by Gasteiger charge is -2.30. The quantitative estimate of drug-likeness (QED) is 0.811. The number of rotatable bonds is 5. The summed E-state index contributed by atoms with van der Waals surface area (Å²) in [6.07, 6.45) is 0.608. The lowest BCUT2D eigenvalue weighted by atomic mass is 9.97. The molecule has 0 radical (unpaired) electrons. The Morgan fingerprint density at radius 3 is 2.29 bits per heavy atom. The van der Waals surface area contributed by atoms with Gasteiger partial charge in [-0.2, -0.15) is 4.31 Å². The van der Waals surface area contributed by atoms with Crippen molar-refractivity contribution in [3.05, 3.63) is 30.1 Å². The molecule has 1 heterocycles. The normalized spacial score (nSPS) is 18.1. The smallest absolute Gasteiger partial charge is 0.325 e. The minimum atomic E-state index is -3.72. The van der Waals surface area contributed by atoms with Crippen LogP contribution in [0.2, 0.25) is 0 Å². The molecule has 1 aromatic rings. The van der Waals surface area contributed by atoms with Crippen LogP contribution in [-0.4, -0.2) is 48.8 Å². The largest absolute Gasteiger partial charge is 0.480 e. The number of sulfonamides is 1. The van der Waals surface area contributed by atoms with Crippen molar-refractivity contribution >= 4 is 21.9 Å². The Kier molecular flexibility index (Phi) is 5.55. The van der Waals surface area contributed by atoms with E-state index in [1.165, 1.54) is 23.4 Å². The molecule has 2 rings (SSSR count). The summed E-state index contributed by atoms with van der Waals surface area (Å²) in [4.78, 5) is 22.8. The molecule has 1 aliphatic heterocycles. The number of aliphatic carboxylic acids is 1. The van der Waals surface area contributed by atoms with E-state index in [4.69, 9.17) is 5.11 Å². The highest BCUT2D eigenvalue weighted by Crippen LogP contribution is 2.24. The molecule has 1 atom stereocenters. The molecule has 1 aromatic carbocycles. The fourth-order valence-corrected chi connectivity index (χ4v) is 3.98. The second kappa shape index (κ2) is 7.27. The van der Waals surface area contributed by atoms with Crippen LogP contribution in [0.3, 0.4) is 0 Å². The van der Waals surface area contributed by atoms with Crippen LogP contribution < -0.4 is 5.32 Å². The van der Waals surface area contributed by atoms with E-state index < -0.39 is 33.8 Å². The fraction of sp³-hybridized carbons (Fsp3) is 0.467. The summed E-state index contributed by atoms with van der Waals surface area (Å²) in [5.74, 6) is -2.45. The topological polar surface area (TPSA) is 104 Å². The second-order valence-corrected chi connectivity index (χ2v) is 7.64. The van der Waals surface area contributed by atoms with Gasteiger partial charge < -0.3 is 10.4 Å². The number of nitrogens with zero attached hydrogens (tertiary/aromatic N) is 1. The first-order valence-corrected chi connectivity index (χ1v) is 8.94. The number of carbonyl (C=O) groups excluding carboxylic acids is 1. The van der Waals surface area contributed by atoms with Gasteiger partial charge in [0, 0.05) is 19.0 Å². The van der Waals surface area contributed by atoms with Gasteiger partial charge in [0.1, 0.15) is 11.9 Å². The van der Waals surface area contributed by atoms with Gasteiger partial charge in [0.05, 0.1) is 4.90 Å². The fourth-order valence-electron chi connectivity index (χ4n) is 2.51. The summed E-state index contributed by atoms with van der Waals surface area (Å²) in [5.41, 5.74) is 0. The SMILES string of the molecule is C[C@H](NC(=O)C1CCN(S(=O)(=O)c2ccc(F)cc2)CC1)C(=O)O. The molecule has 0 unspecified atom stereocenters. The molecular formula is C15H19FN2O5S. The average Bonchev–Trinajstić information content (AvgIpc) is 2.55. The van der Waals surface area contributed by atoms with Crippen LogP contribution in [-0.2, 0) is 19.6 Å². The molecule has 0 aliphatic carbocycles. The number of halogens is 1. The third-order valence-corrected chi connectivity index (χ3v) is 5.92. The Morgan fingerprint density at radius 1 is 1.25 bits per heavy atom. The number of nitrogens with one attached hydrogen (secondary N) is 1. The molecule has 0 aromatic heterocycles. The van der Waals surface area contributed by atoms with E-state index in [9.17, 15) is 22.4 Å². The van der Waals surface area contributed by atoms with Gasteiger partial charge in [-0.1, -0.05) is 0 Å². The van der Waals surface area contributed by atoms with Crippen LogP contribution in [0.1, 0.15) is 19.8 Å². The van der Waals surface area contributed by atoms with Gasteiger partial charge in [0.25, 0.3) is 0 Å². The van der Waals surface area contributed by atoms with Crippen LogP contribution in [0.5, 0.6) is 0 Å². The Bertz CT molecular complexity index is 712. The monoisotopic (exact) mass is 358 g/mol. The number of carboxylic acid groups (broad SMARTS) is 1. The summed E-state index contributed by atoms with van der Waals surface area (Å²) >= 11 is 0. The van der Waals surface area contributed by atoms with Crippen molar-refractivity contribution in [2.75, 3.05) is 13.1 Å². The van der Waals surface area contributed by atoms with Crippen molar-refractivity contribution in [2.45, 2.75) is 30.7 Å². The van der Waals surface area contributed by atoms with Gasteiger partial charge in [-0.05, 0) is 44.0 Å². The average molecular weight is 358 g/mol. The minimum Gasteiger partial charge on any atom is -0.480 e. The van der Waals surface area contributed by atoms with Gasteiger partial charge in [-0.3, -0.25) is 9.59 Å². The zero-order chi connectivity index (χ0) is 17.9. The van der Waals surface area contributed by atoms with Crippen molar-refractivity contribution in [3.63, 3.8) is 0 Å². The van der Waals surface area contributed by atoms with Crippen molar-refractivity contribution < 1.29 is 27.5 Å². The van der Waals surface area contributed by atoms with E-state index in [0.717, 1.165) is 12.1 Å². The van der Waals surface area contributed by atoms with Gasteiger partial charge in [-0.15, -0.1) is 0 Å². The van der Waals surface area contributed by atoms with Gasteiger partial charge in [0.15, 0.2) is 0 Å². The Balaban J connectivity index is 1.98. The summed E-state index contributed by atoms with van der Waals surface area (Å²) in [6.45, 7) is 1.67. The molecule has 1 amide bonds. The van der Waals surface area contributed by atoms with E-state index in [1.807, 2.05) is 0 Å². The summed E-state index contributed by atoms with van der Waals surface area (Å²) in [6, 6.07) is 3.59. The number of hydrogen-bond donors (Lipinski definition) is 2. The highest BCUT2D eigenvalue weighted by atomic mass is 32.2. The Labute approximate surface area is 139 Å². The molecule has 1 saturated heterocycles. The maximum Gasteiger partial charge on any atom is 0.325 e. The van der Waals surface area contributed by atoms with Gasteiger partial charge >= 0.3 is 5.97 Å². The number of hydrogen-bond acceptors (Lipinski definition) is 4. The molecule has 1 fully saturated rings. The number of carbonyl (C=O) groups is 2. The number of benzene rings is 1. The first-order chi connectivity index (χ1) is 11.2. The van der Waals surface area contributed by atoms with Gasteiger partial charge in [0.2, 0.25) is 15.9 Å². The van der Waals surface area contributed by atoms with Crippen molar-refractivity contribution in [1.29, 1.82) is 0 Å². The molecule has 0 spiro atoms. The third-order valence-electron chi connectivity index (χ3n) is 4.01. The van der Waals surface area contributed by atoms with Crippen LogP contribution in [0.4, 0.5) is 4.39 Å². The van der Waals surface area contributed by atoms with Crippen LogP contribution in [0.15, 0.2) is 29.2 Å². The molecule has 2 N–H and O–H groups in total. The van der Waals surface area contributed by atoms with Crippen molar-refractivity contribution in [3.8, 4) is 0 Å². The van der Waals surface area contributed by atoms with E-state index in [-0.39, 0.29) is 23.9 Å². The van der Waals surface area contributed by atoms with Crippen LogP contribution in [0, 0.1) is 11.7 Å². The molecule has 9 heteroatoms. The predicted molar refractivity (Wildman–Crippen MR) is 83.1 cm³/mol. The number of piperidine rings is 1. The zero-order valence-corrected chi connectivity index (χ0v) is 13.9. The zero-order valence-electron chi connectivity index (χ0n) is 13.1. The molecule has 0 bridgehead atoms. The first kappa shape index (κ1) is 18.3. The molecule has 0 saturated carbocycles. The molecular weight excluding hydrogens is 339 g/mol. The molecule has 7 nitrogen and oxygen atoms in total. The van der Waals surface area contributed by atoms with Gasteiger partial charge in [-0.25, -0.2) is 12.8 Å². The highest BCUT2D eigenvalue weighted by molar-refractivity contribution is 7.89. The first-order valence-electron chi connectivity index (χ1n) is 7.50. The summed E-state index contributed by atoms with van der Waals surface area (Å²) in [5, 5.41) is 11.2. The lowest BCUT2D eigenvalue weighted by Crippen LogP contribution is -2.46. The predicted octanol–water partition coefficient (Wildman–Crippen LogP) is 0.816. The van der Waals surface area contributed by atoms with Crippen molar-refractivity contribution in [1.82, 2.24) is 9.62 Å². The highest BCUT2D eigenvalue weighted by Gasteiger charge is 2.32. The summed E-state index contributed by atoms with van der Waals surface area (Å²) in [7, 11) is -3.72. The Hall–Kier alpha value is -2.00. The second-order valence-electron chi connectivity index (χ2n) is 5.70. The summed E-state index contributed by atoms with van der Waals surface area (Å²) < 4.78 is 39.1. The lowest BCUT2D eigenvalue weighted by molar-refractivity contribution is -0.142. The van der Waals surface area contributed by atoms with Crippen LogP contribution >= 0.6 is 0 Å². The molecule has 1 aliphatic rings. The van der Waals surface area contributed by atoms with Crippen molar-refractivity contribution in [2.24, 2.45) is 5.92 Å². The van der Waals surface area contributed by atoms with Crippen LogP contribution in [0.25, 0.3) is 0 Å². The molecule has 24 heavy (non-hydrogen) atoms. The Morgan fingerprint density at radius 2 is 1.79 bits per heavy atom. The third kappa shape index (κ3) is 4.09. The van der Waals surface area contributed by atoms with E-state index >= 15 is 0 Å². The van der Waals surface area contributed by atoms with E-state index in [0.29, 0.717) is 12.8 Å².